The molecule has 0 saturated heterocycles. The van der Waals surface area contributed by atoms with Gasteiger partial charge >= 0.3 is 0 Å². The van der Waals surface area contributed by atoms with Crippen molar-refractivity contribution < 1.29 is 4.74 Å². The Hall–Kier alpha value is -0.0800. The Morgan fingerprint density at radius 3 is 2.73 bits per heavy atom. The van der Waals surface area contributed by atoms with Crippen LogP contribution in [0.4, 0.5) is 0 Å². The van der Waals surface area contributed by atoms with Crippen LogP contribution in [0.1, 0.15) is 52.4 Å². The van der Waals surface area contributed by atoms with Crippen LogP contribution in [0.15, 0.2) is 0 Å². The first-order valence-electron chi connectivity index (χ1n) is 6.65. The Bertz CT molecular complexity index is 143. The summed E-state index contributed by atoms with van der Waals surface area (Å²) < 4.78 is 5.68. The van der Waals surface area contributed by atoms with Crippen molar-refractivity contribution in [2.24, 2.45) is 5.92 Å². The van der Waals surface area contributed by atoms with Crippen LogP contribution < -0.4 is 5.32 Å². The second-order valence-corrected chi connectivity index (χ2v) is 4.82. The highest BCUT2D eigenvalue weighted by atomic mass is 16.5. The third-order valence-electron chi connectivity index (χ3n) is 3.28. The number of nitrogens with one attached hydrogen (secondary N) is 1. The number of rotatable bonds is 8. The molecule has 1 fully saturated rings. The molecule has 2 nitrogen and oxygen atoms in total. The first kappa shape index (κ1) is 13.0. The minimum Gasteiger partial charge on any atom is -0.377 e. The summed E-state index contributed by atoms with van der Waals surface area (Å²) in [5.41, 5.74) is 0. The Morgan fingerprint density at radius 1 is 1.33 bits per heavy atom. The summed E-state index contributed by atoms with van der Waals surface area (Å²) in [7, 11) is 0. The summed E-state index contributed by atoms with van der Waals surface area (Å²) in [5.74, 6) is 0.943. The summed E-state index contributed by atoms with van der Waals surface area (Å²) >= 11 is 0. The molecule has 1 atom stereocenters. The molecule has 0 bridgehead atoms. The van der Waals surface area contributed by atoms with Crippen LogP contribution in [0.25, 0.3) is 0 Å². The molecular formula is C13H27NO. The maximum absolute atomic E-state index is 5.68. The van der Waals surface area contributed by atoms with Gasteiger partial charge in [-0.1, -0.05) is 26.2 Å². The molecule has 0 radical (unpaired) electrons. The van der Waals surface area contributed by atoms with E-state index in [4.69, 9.17) is 4.74 Å². The lowest BCUT2D eigenvalue weighted by atomic mass is 10.1. The van der Waals surface area contributed by atoms with E-state index in [0.29, 0.717) is 6.10 Å². The quantitative estimate of drug-likeness (QED) is 0.626. The number of hydrogen-bond donors (Lipinski definition) is 1. The van der Waals surface area contributed by atoms with Gasteiger partial charge in [0.25, 0.3) is 0 Å². The number of hydrogen-bond acceptors (Lipinski definition) is 2. The minimum atomic E-state index is 0.434. The normalized spacial score (nSPS) is 19.6. The Morgan fingerprint density at radius 2 is 2.07 bits per heavy atom. The van der Waals surface area contributed by atoms with Crippen molar-refractivity contribution in [2.45, 2.75) is 58.5 Å². The van der Waals surface area contributed by atoms with E-state index in [2.05, 4.69) is 19.2 Å². The lowest BCUT2D eigenvalue weighted by Crippen LogP contribution is -2.26. The minimum absolute atomic E-state index is 0.434. The zero-order chi connectivity index (χ0) is 10.9. The predicted octanol–water partition coefficient (Wildman–Crippen LogP) is 2.97. The summed E-state index contributed by atoms with van der Waals surface area (Å²) in [4.78, 5) is 0. The summed E-state index contributed by atoms with van der Waals surface area (Å²) in [6, 6.07) is 0. The Labute approximate surface area is 94.8 Å². The molecule has 1 aliphatic rings. The highest BCUT2D eigenvalue weighted by Crippen LogP contribution is 2.23. The van der Waals surface area contributed by atoms with Gasteiger partial charge in [-0.3, -0.25) is 0 Å². The van der Waals surface area contributed by atoms with Crippen LogP contribution in [-0.4, -0.2) is 25.8 Å². The van der Waals surface area contributed by atoms with Gasteiger partial charge in [0.1, 0.15) is 0 Å². The van der Waals surface area contributed by atoms with Crippen molar-refractivity contribution >= 4 is 0 Å². The van der Waals surface area contributed by atoms with Crippen LogP contribution >= 0.6 is 0 Å². The van der Waals surface area contributed by atoms with Crippen molar-refractivity contribution in [1.29, 1.82) is 0 Å². The fourth-order valence-corrected chi connectivity index (χ4v) is 2.34. The molecule has 15 heavy (non-hydrogen) atoms. The maximum Gasteiger partial charge on any atom is 0.0594 e. The molecule has 0 amide bonds. The van der Waals surface area contributed by atoms with Crippen LogP contribution in [0.2, 0.25) is 0 Å². The fourth-order valence-electron chi connectivity index (χ4n) is 2.34. The largest absolute Gasteiger partial charge is 0.377 e. The van der Waals surface area contributed by atoms with E-state index in [1.165, 1.54) is 45.1 Å². The average molecular weight is 213 g/mol. The first-order valence-corrected chi connectivity index (χ1v) is 6.65. The van der Waals surface area contributed by atoms with E-state index < -0.39 is 0 Å². The zero-order valence-corrected chi connectivity index (χ0v) is 10.4. The second kappa shape index (κ2) is 8.12. The van der Waals surface area contributed by atoms with Gasteiger partial charge in [-0.15, -0.1) is 0 Å². The molecule has 0 aromatic rings. The molecule has 1 aliphatic carbocycles. The van der Waals surface area contributed by atoms with E-state index in [9.17, 15) is 0 Å². The molecule has 0 spiro atoms. The molecule has 1 saturated carbocycles. The van der Waals surface area contributed by atoms with Gasteiger partial charge < -0.3 is 10.1 Å². The second-order valence-electron chi connectivity index (χ2n) is 4.82. The van der Waals surface area contributed by atoms with Crippen molar-refractivity contribution in [3.05, 3.63) is 0 Å². The van der Waals surface area contributed by atoms with E-state index >= 15 is 0 Å². The summed E-state index contributed by atoms with van der Waals surface area (Å²) in [6.07, 6.45) is 8.58. The molecular weight excluding hydrogens is 186 g/mol. The Kier molecular flexibility index (Phi) is 7.03. The maximum atomic E-state index is 5.68. The fraction of sp³-hybridized carbons (Fsp3) is 1.00. The number of ether oxygens (including phenoxy) is 1. The van der Waals surface area contributed by atoms with Crippen LogP contribution in [0.3, 0.4) is 0 Å². The van der Waals surface area contributed by atoms with Gasteiger partial charge in [0.2, 0.25) is 0 Å². The first-order chi connectivity index (χ1) is 7.33. The third kappa shape index (κ3) is 6.16. The summed E-state index contributed by atoms with van der Waals surface area (Å²) in [6.45, 7) is 7.46. The van der Waals surface area contributed by atoms with Crippen molar-refractivity contribution in [3.8, 4) is 0 Å². The van der Waals surface area contributed by atoms with Gasteiger partial charge in [-0.2, -0.15) is 0 Å². The van der Waals surface area contributed by atoms with Crippen molar-refractivity contribution in [2.75, 3.05) is 19.7 Å². The smallest absolute Gasteiger partial charge is 0.0594 e. The van der Waals surface area contributed by atoms with E-state index in [-0.39, 0.29) is 0 Å². The molecule has 0 aromatic carbocycles. The standard InChI is InChI=1S/C13H27NO/c1-3-6-12(2)15-10-9-14-11-13-7-4-5-8-13/h12-14H,3-11H2,1-2H3. The van der Waals surface area contributed by atoms with E-state index in [1.54, 1.807) is 0 Å². The molecule has 1 rings (SSSR count). The van der Waals surface area contributed by atoms with E-state index in [0.717, 1.165) is 19.1 Å². The van der Waals surface area contributed by atoms with Crippen LogP contribution in [0, 0.1) is 5.92 Å². The average Bonchev–Trinajstić information content (AvgIpc) is 2.70. The molecule has 0 aromatic heterocycles. The third-order valence-corrected chi connectivity index (χ3v) is 3.28. The van der Waals surface area contributed by atoms with Crippen LogP contribution in [0.5, 0.6) is 0 Å². The predicted molar refractivity (Wildman–Crippen MR) is 65.1 cm³/mol. The van der Waals surface area contributed by atoms with Gasteiger partial charge in [-0.05, 0) is 38.6 Å². The van der Waals surface area contributed by atoms with Gasteiger partial charge in [0, 0.05) is 6.54 Å². The molecule has 2 heteroatoms. The molecule has 1 unspecified atom stereocenters. The monoisotopic (exact) mass is 213 g/mol. The highest BCUT2D eigenvalue weighted by molar-refractivity contribution is 4.69. The SMILES string of the molecule is CCCC(C)OCCNCC1CCCC1. The van der Waals surface area contributed by atoms with Gasteiger partial charge in [-0.25, -0.2) is 0 Å². The Balaban J connectivity index is 1.84. The van der Waals surface area contributed by atoms with Gasteiger partial charge in [0.05, 0.1) is 12.7 Å². The lowest BCUT2D eigenvalue weighted by molar-refractivity contribution is 0.0614. The molecule has 1 N–H and O–H groups in total. The molecule has 0 heterocycles. The van der Waals surface area contributed by atoms with Crippen molar-refractivity contribution in [1.82, 2.24) is 5.32 Å². The summed E-state index contributed by atoms with van der Waals surface area (Å²) in [5, 5.41) is 3.50. The van der Waals surface area contributed by atoms with E-state index in [1.807, 2.05) is 0 Å². The van der Waals surface area contributed by atoms with Crippen molar-refractivity contribution in [3.63, 3.8) is 0 Å². The zero-order valence-electron chi connectivity index (χ0n) is 10.4. The van der Waals surface area contributed by atoms with Crippen LogP contribution in [-0.2, 0) is 4.74 Å². The highest BCUT2D eigenvalue weighted by Gasteiger charge is 2.13. The lowest BCUT2D eigenvalue weighted by Gasteiger charge is -2.13. The van der Waals surface area contributed by atoms with Gasteiger partial charge in [0.15, 0.2) is 0 Å². The topological polar surface area (TPSA) is 21.3 Å². The molecule has 0 aliphatic heterocycles. The molecule has 90 valence electrons.